The maximum atomic E-state index is 7.47. The summed E-state index contributed by atoms with van der Waals surface area (Å²) in [6.45, 7) is 3.64. The van der Waals surface area contributed by atoms with E-state index in [-0.39, 0.29) is 6.10 Å². The van der Waals surface area contributed by atoms with E-state index < -0.39 is 9.69 Å². The van der Waals surface area contributed by atoms with Gasteiger partial charge in [-0.05, 0) is 5.56 Å². The van der Waals surface area contributed by atoms with Gasteiger partial charge in [-0.25, -0.2) is 0 Å². The van der Waals surface area contributed by atoms with E-state index in [2.05, 4.69) is 6.58 Å². The lowest BCUT2D eigenvalue weighted by Crippen LogP contribution is -2.27. The molecule has 1 rings (SSSR count). The highest BCUT2D eigenvalue weighted by atomic mass is 35.6. The van der Waals surface area contributed by atoms with E-state index in [0.29, 0.717) is 6.42 Å². The Balaban J connectivity index is 2.62. The quantitative estimate of drug-likeness (QED) is 0.384. The van der Waals surface area contributed by atoms with Gasteiger partial charge in [0.1, 0.15) is 6.10 Å². The summed E-state index contributed by atoms with van der Waals surface area (Å²) in [5.74, 6) is -0.400. The molecule has 1 unspecified atom stereocenters. The van der Waals surface area contributed by atoms with Gasteiger partial charge in [-0.15, -0.1) is 0 Å². The van der Waals surface area contributed by atoms with Gasteiger partial charge in [0.05, 0.1) is 0 Å². The number of benzene rings is 1. The van der Waals surface area contributed by atoms with E-state index in [1.807, 2.05) is 30.3 Å². The number of alkyl halides is 3. The van der Waals surface area contributed by atoms with Crippen LogP contribution >= 0.6 is 34.8 Å². The third-order valence-corrected chi connectivity index (χ3v) is 2.58. The summed E-state index contributed by atoms with van der Waals surface area (Å²) in [7, 11) is 0. The molecule has 0 bridgehead atoms. The Kier molecular flexibility index (Phi) is 5.31. The second kappa shape index (κ2) is 6.29. The highest BCUT2D eigenvalue weighted by molar-refractivity contribution is 6.76. The lowest BCUT2D eigenvalue weighted by Gasteiger charge is -2.19. The van der Waals surface area contributed by atoms with Gasteiger partial charge in [-0.2, -0.15) is 0 Å². The minimum Gasteiger partial charge on any atom is -0.470 e. The topological polar surface area (TPSA) is 33.1 Å². The van der Waals surface area contributed by atoms with Crippen molar-refractivity contribution < 1.29 is 4.74 Å². The summed E-state index contributed by atoms with van der Waals surface area (Å²) < 4.78 is 3.40. The molecule has 0 aliphatic heterocycles. The van der Waals surface area contributed by atoms with E-state index in [4.69, 9.17) is 44.9 Å². The molecule has 0 saturated carbocycles. The molecule has 0 amide bonds. The highest BCUT2D eigenvalue weighted by Crippen LogP contribution is 2.28. The molecule has 0 radical (unpaired) electrons. The molecule has 0 aliphatic rings. The second-order valence-electron chi connectivity index (χ2n) is 3.41. The molecular formula is C12H12Cl3NO. The Labute approximate surface area is 116 Å². The number of rotatable bonds is 4. The summed E-state index contributed by atoms with van der Waals surface area (Å²) in [4.78, 5) is 0. The molecule has 0 spiro atoms. The molecule has 1 aromatic rings. The number of halogens is 3. The summed E-state index contributed by atoms with van der Waals surface area (Å²) >= 11 is 16.6. The Hall–Kier alpha value is -0.700. The molecular weight excluding hydrogens is 280 g/mol. The zero-order valence-corrected chi connectivity index (χ0v) is 11.3. The monoisotopic (exact) mass is 291 g/mol. The lowest BCUT2D eigenvalue weighted by atomic mass is 10.1. The molecule has 5 heteroatoms. The molecule has 17 heavy (non-hydrogen) atoms. The predicted octanol–water partition coefficient (Wildman–Crippen LogP) is 4.15. The van der Waals surface area contributed by atoms with Crippen molar-refractivity contribution in [2.24, 2.45) is 0 Å². The van der Waals surface area contributed by atoms with Crippen molar-refractivity contribution in [2.45, 2.75) is 16.3 Å². The Bertz CT molecular complexity index is 386. The third kappa shape index (κ3) is 4.99. The maximum Gasteiger partial charge on any atom is 0.265 e. The Morgan fingerprint density at radius 2 is 1.94 bits per heavy atom. The lowest BCUT2D eigenvalue weighted by molar-refractivity contribution is 0.229. The first-order chi connectivity index (χ1) is 7.93. The van der Waals surface area contributed by atoms with Crippen molar-refractivity contribution in [3.63, 3.8) is 0 Å². The van der Waals surface area contributed by atoms with E-state index in [1.165, 1.54) is 0 Å². The summed E-state index contributed by atoms with van der Waals surface area (Å²) in [5, 5.41) is 7.47. The molecule has 2 nitrogen and oxygen atoms in total. The van der Waals surface area contributed by atoms with Crippen LogP contribution in [0.4, 0.5) is 0 Å². The fourth-order valence-corrected chi connectivity index (χ4v) is 1.37. The largest absolute Gasteiger partial charge is 0.470 e. The molecule has 0 fully saturated rings. The van der Waals surface area contributed by atoms with Gasteiger partial charge in [0.15, 0.2) is 0 Å². The zero-order chi connectivity index (χ0) is 12.9. The van der Waals surface area contributed by atoms with E-state index >= 15 is 0 Å². The van der Waals surface area contributed by atoms with Gasteiger partial charge in [-0.1, -0.05) is 77.8 Å². The van der Waals surface area contributed by atoms with Gasteiger partial charge in [-0.3, -0.25) is 5.41 Å². The van der Waals surface area contributed by atoms with E-state index in [9.17, 15) is 0 Å². The Morgan fingerprint density at radius 3 is 2.41 bits per heavy atom. The van der Waals surface area contributed by atoms with Crippen LogP contribution in [-0.4, -0.2) is 15.8 Å². The van der Waals surface area contributed by atoms with Crippen LogP contribution in [0.3, 0.4) is 0 Å². The first kappa shape index (κ1) is 14.4. The molecule has 92 valence electrons. The summed E-state index contributed by atoms with van der Waals surface area (Å²) in [5.41, 5.74) is 1.06. The van der Waals surface area contributed by atoms with Crippen molar-refractivity contribution >= 4 is 40.7 Å². The van der Waals surface area contributed by atoms with Crippen molar-refractivity contribution in [1.82, 2.24) is 0 Å². The molecule has 0 heterocycles. The van der Waals surface area contributed by atoms with Crippen molar-refractivity contribution in [1.29, 1.82) is 5.41 Å². The molecule has 0 aromatic heterocycles. The average Bonchev–Trinajstić information content (AvgIpc) is 2.28. The van der Waals surface area contributed by atoms with Crippen LogP contribution in [0.1, 0.15) is 5.56 Å². The predicted molar refractivity (Wildman–Crippen MR) is 73.2 cm³/mol. The average molecular weight is 293 g/mol. The van der Waals surface area contributed by atoms with Gasteiger partial charge < -0.3 is 4.74 Å². The highest BCUT2D eigenvalue weighted by Gasteiger charge is 2.30. The van der Waals surface area contributed by atoms with Crippen LogP contribution in [0.5, 0.6) is 0 Å². The fraction of sp³-hybridized carbons (Fsp3) is 0.250. The van der Waals surface area contributed by atoms with Crippen LogP contribution in [-0.2, 0) is 11.2 Å². The second-order valence-corrected chi connectivity index (χ2v) is 5.69. The maximum absolute atomic E-state index is 7.47. The van der Waals surface area contributed by atoms with Crippen molar-refractivity contribution in [2.75, 3.05) is 0 Å². The van der Waals surface area contributed by atoms with Crippen LogP contribution in [0.25, 0.3) is 0 Å². The molecule has 1 aromatic carbocycles. The van der Waals surface area contributed by atoms with Crippen LogP contribution in [0.15, 0.2) is 43.0 Å². The van der Waals surface area contributed by atoms with Crippen LogP contribution in [0, 0.1) is 5.41 Å². The van der Waals surface area contributed by atoms with Crippen molar-refractivity contribution in [3.05, 3.63) is 48.6 Å². The zero-order valence-electron chi connectivity index (χ0n) is 9.00. The van der Waals surface area contributed by atoms with Gasteiger partial charge in [0.2, 0.25) is 5.90 Å². The first-order valence-corrected chi connectivity index (χ1v) is 6.05. The van der Waals surface area contributed by atoms with Gasteiger partial charge in [0, 0.05) is 6.42 Å². The van der Waals surface area contributed by atoms with Gasteiger partial charge >= 0.3 is 0 Å². The summed E-state index contributed by atoms with van der Waals surface area (Å²) in [6, 6.07) is 9.69. The SMILES string of the molecule is C=CC(Cc1ccccc1)OC(=N)C(Cl)(Cl)Cl. The van der Waals surface area contributed by atoms with Crippen LogP contribution in [0.2, 0.25) is 0 Å². The number of nitrogens with one attached hydrogen (secondary N) is 1. The number of hydrogen-bond acceptors (Lipinski definition) is 2. The fourth-order valence-electron chi connectivity index (χ4n) is 1.24. The first-order valence-electron chi connectivity index (χ1n) is 4.92. The smallest absolute Gasteiger partial charge is 0.265 e. The summed E-state index contributed by atoms with van der Waals surface area (Å²) in [6.07, 6.45) is 1.77. The molecule has 0 aliphatic carbocycles. The normalized spacial score (nSPS) is 12.9. The van der Waals surface area contributed by atoms with Gasteiger partial charge in [0.25, 0.3) is 3.79 Å². The van der Waals surface area contributed by atoms with Crippen molar-refractivity contribution in [3.8, 4) is 0 Å². The Morgan fingerprint density at radius 1 is 1.35 bits per heavy atom. The van der Waals surface area contributed by atoms with E-state index in [0.717, 1.165) is 5.56 Å². The molecule has 1 atom stereocenters. The third-order valence-electron chi connectivity index (χ3n) is 2.07. The molecule has 0 saturated heterocycles. The molecule has 1 N–H and O–H groups in total. The minimum absolute atomic E-state index is 0.388. The number of ether oxygens (including phenoxy) is 1. The number of hydrogen-bond donors (Lipinski definition) is 1. The van der Waals surface area contributed by atoms with Crippen LogP contribution < -0.4 is 0 Å². The standard InChI is InChI=1S/C12H12Cl3NO/c1-2-10(17-11(16)12(13,14)15)8-9-6-4-3-5-7-9/h2-7,10,16H,1,8H2. The minimum atomic E-state index is -1.84. The van der Waals surface area contributed by atoms with E-state index in [1.54, 1.807) is 6.08 Å².